The molecule has 7 nitrogen and oxygen atoms in total. The summed E-state index contributed by atoms with van der Waals surface area (Å²) in [7, 11) is 0. The smallest absolute Gasteiger partial charge is 0.267 e. The Hall–Kier alpha value is -3.68. The Labute approximate surface area is 217 Å². The van der Waals surface area contributed by atoms with Gasteiger partial charge in [0.2, 0.25) is 0 Å². The average molecular weight is 498 g/mol. The van der Waals surface area contributed by atoms with E-state index < -0.39 is 5.91 Å². The summed E-state index contributed by atoms with van der Waals surface area (Å²) >= 11 is 0. The molecule has 0 saturated heterocycles. The highest BCUT2D eigenvalue weighted by Gasteiger charge is 2.29. The predicted octanol–water partition coefficient (Wildman–Crippen LogP) is 5.44. The molecule has 0 saturated carbocycles. The highest BCUT2D eigenvalue weighted by Crippen LogP contribution is 2.37. The van der Waals surface area contributed by atoms with E-state index >= 15 is 0 Å². The Morgan fingerprint density at radius 2 is 2.05 bits per heavy atom. The van der Waals surface area contributed by atoms with Crippen LogP contribution in [0.25, 0.3) is 17.0 Å². The summed E-state index contributed by atoms with van der Waals surface area (Å²) in [5.74, 6) is -0.531. The number of para-hydroxylation sites is 1. The molecule has 4 aromatic rings. The van der Waals surface area contributed by atoms with Crippen LogP contribution in [0.1, 0.15) is 66.9 Å². The van der Waals surface area contributed by atoms with E-state index in [0.717, 1.165) is 49.3 Å². The van der Waals surface area contributed by atoms with Crippen LogP contribution in [0, 0.1) is 0 Å². The topological polar surface area (TPSA) is 97.0 Å². The Morgan fingerprint density at radius 1 is 1.22 bits per heavy atom. The number of benzene rings is 2. The van der Waals surface area contributed by atoms with E-state index in [0.29, 0.717) is 6.04 Å². The number of aromatic nitrogens is 3. The summed E-state index contributed by atoms with van der Waals surface area (Å²) in [5.41, 5.74) is 9.97. The molecule has 1 unspecified atom stereocenters. The summed E-state index contributed by atoms with van der Waals surface area (Å²) in [5, 5.41) is 17.9. The SMILES string of the molecule is CC(C)(C)c1cc(CN(CCc2c[nH]c3ccccc23)C2CCc3cc(/C=C/C(=O)NO)ccc32)[nH]n1. The van der Waals surface area contributed by atoms with Gasteiger partial charge in [-0.15, -0.1) is 0 Å². The molecule has 0 radical (unpaired) electrons. The molecule has 0 bridgehead atoms. The van der Waals surface area contributed by atoms with Gasteiger partial charge in [0.05, 0.1) is 5.69 Å². The van der Waals surface area contributed by atoms with Crippen LogP contribution >= 0.6 is 0 Å². The van der Waals surface area contributed by atoms with Gasteiger partial charge in [-0.3, -0.25) is 20.0 Å². The Balaban J connectivity index is 1.40. The maximum atomic E-state index is 11.4. The summed E-state index contributed by atoms with van der Waals surface area (Å²) < 4.78 is 0. The molecule has 2 aromatic heterocycles. The number of aromatic amines is 2. The van der Waals surface area contributed by atoms with E-state index in [1.807, 2.05) is 6.07 Å². The molecule has 2 aromatic carbocycles. The second kappa shape index (κ2) is 10.4. The van der Waals surface area contributed by atoms with Crippen LogP contribution in [-0.4, -0.2) is 37.7 Å². The lowest BCUT2D eigenvalue weighted by atomic mass is 9.92. The van der Waals surface area contributed by atoms with Gasteiger partial charge < -0.3 is 4.98 Å². The average Bonchev–Trinajstić information content (AvgIpc) is 3.63. The fourth-order valence-electron chi connectivity index (χ4n) is 5.30. The number of nitrogens with zero attached hydrogens (tertiary/aromatic N) is 2. The molecule has 192 valence electrons. The fourth-order valence-corrected chi connectivity index (χ4v) is 5.30. The highest BCUT2D eigenvalue weighted by atomic mass is 16.5. The number of carbonyl (C=O) groups is 1. The molecule has 1 atom stereocenters. The lowest BCUT2D eigenvalue weighted by molar-refractivity contribution is -0.124. The number of hydrogen-bond donors (Lipinski definition) is 4. The molecule has 2 heterocycles. The van der Waals surface area contributed by atoms with Gasteiger partial charge in [0.15, 0.2) is 0 Å². The van der Waals surface area contributed by atoms with E-state index in [1.165, 1.54) is 33.7 Å². The van der Waals surface area contributed by atoms with E-state index in [-0.39, 0.29) is 5.41 Å². The third-order valence-electron chi connectivity index (χ3n) is 7.31. The zero-order chi connectivity index (χ0) is 26.0. The maximum Gasteiger partial charge on any atom is 0.267 e. The van der Waals surface area contributed by atoms with Crippen molar-refractivity contribution in [2.24, 2.45) is 0 Å². The van der Waals surface area contributed by atoms with Crippen LogP contribution in [0.3, 0.4) is 0 Å². The number of fused-ring (bicyclic) bond motifs is 2. The number of nitrogens with one attached hydrogen (secondary N) is 3. The van der Waals surface area contributed by atoms with Gasteiger partial charge in [0.25, 0.3) is 5.91 Å². The van der Waals surface area contributed by atoms with Crippen molar-refractivity contribution in [3.63, 3.8) is 0 Å². The summed E-state index contributed by atoms with van der Waals surface area (Å²) in [6, 6.07) is 17.4. The van der Waals surface area contributed by atoms with Crippen LogP contribution in [0.15, 0.2) is 60.8 Å². The second-order valence-electron chi connectivity index (χ2n) is 10.9. The lowest BCUT2D eigenvalue weighted by Crippen LogP contribution is -2.29. The molecule has 1 aliphatic carbocycles. The molecule has 0 aliphatic heterocycles. The lowest BCUT2D eigenvalue weighted by Gasteiger charge is -2.29. The number of H-pyrrole nitrogens is 2. The minimum absolute atomic E-state index is 0.000421. The van der Waals surface area contributed by atoms with Gasteiger partial charge in [-0.1, -0.05) is 57.2 Å². The number of amides is 1. The second-order valence-corrected chi connectivity index (χ2v) is 10.9. The zero-order valence-electron chi connectivity index (χ0n) is 21.7. The van der Waals surface area contributed by atoms with Gasteiger partial charge in [0, 0.05) is 53.4 Å². The monoisotopic (exact) mass is 497 g/mol. The summed E-state index contributed by atoms with van der Waals surface area (Å²) in [4.78, 5) is 17.4. The number of hydroxylamine groups is 1. The Morgan fingerprint density at radius 3 is 2.84 bits per heavy atom. The molecule has 1 amide bonds. The minimum atomic E-state index is -0.531. The third kappa shape index (κ3) is 5.53. The molecule has 0 fully saturated rings. The van der Waals surface area contributed by atoms with Crippen LogP contribution < -0.4 is 5.48 Å². The van der Waals surface area contributed by atoms with Crippen LogP contribution in [0.2, 0.25) is 0 Å². The number of carbonyl (C=O) groups excluding carboxylic acids is 1. The van der Waals surface area contributed by atoms with Gasteiger partial charge >= 0.3 is 0 Å². The molecular formula is C30H35N5O2. The zero-order valence-corrected chi connectivity index (χ0v) is 21.7. The van der Waals surface area contributed by atoms with Crippen LogP contribution in [-0.2, 0) is 29.6 Å². The minimum Gasteiger partial charge on any atom is -0.361 e. The quantitative estimate of drug-likeness (QED) is 0.148. The molecule has 1 aliphatic rings. The molecule has 37 heavy (non-hydrogen) atoms. The van der Waals surface area contributed by atoms with Crippen LogP contribution in [0.5, 0.6) is 0 Å². The standard InChI is InChI=1S/C30H35N5O2/c1-30(2,3)28-17-23(32-33-28)19-35(15-14-22-18-31-26-7-5-4-6-24(22)26)27-12-10-21-16-20(8-11-25(21)27)9-13-29(36)34-37/h4-9,11,13,16-18,27,31,37H,10,12,14-15,19H2,1-3H3,(H,32,33)(H,34,36)/b13-9+. The molecule has 5 rings (SSSR count). The summed E-state index contributed by atoms with van der Waals surface area (Å²) in [6.45, 7) is 8.28. The van der Waals surface area contributed by atoms with E-state index in [9.17, 15) is 4.79 Å². The number of aryl methyl sites for hydroxylation is 1. The predicted molar refractivity (Wildman–Crippen MR) is 146 cm³/mol. The van der Waals surface area contributed by atoms with E-state index in [1.54, 1.807) is 11.6 Å². The van der Waals surface area contributed by atoms with Crippen molar-refractivity contribution in [1.29, 1.82) is 0 Å². The summed E-state index contributed by atoms with van der Waals surface area (Å²) in [6.07, 6.45) is 8.20. The molecular weight excluding hydrogens is 462 g/mol. The fraction of sp³-hybridized carbons (Fsp3) is 0.333. The van der Waals surface area contributed by atoms with Gasteiger partial charge in [0.1, 0.15) is 0 Å². The normalized spacial score (nSPS) is 15.6. The largest absolute Gasteiger partial charge is 0.361 e. The third-order valence-corrected chi connectivity index (χ3v) is 7.31. The van der Waals surface area contributed by atoms with Crippen molar-refractivity contribution in [2.75, 3.05) is 6.54 Å². The molecule has 4 N–H and O–H groups in total. The van der Waals surface area contributed by atoms with Gasteiger partial charge in [-0.25, -0.2) is 5.48 Å². The maximum absolute atomic E-state index is 11.4. The van der Waals surface area contributed by atoms with Crippen molar-refractivity contribution in [3.8, 4) is 0 Å². The van der Waals surface area contributed by atoms with Crippen molar-refractivity contribution in [2.45, 2.75) is 58.0 Å². The van der Waals surface area contributed by atoms with Gasteiger partial charge in [-0.05, 0) is 59.7 Å². The van der Waals surface area contributed by atoms with Gasteiger partial charge in [-0.2, -0.15) is 5.10 Å². The molecule has 0 spiro atoms. The first kappa shape index (κ1) is 25.0. The first-order valence-corrected chi connectivity index (χ1v) is 12.9. The number of rotatable bonds is 8. The van der Waals surface area contributed by atoms with E-state index in [4.69, 9.17) is 5.21 Å². The van der Waals surface area contributed by atoms with Crippen molar-refractivity contribution >= 4 is 22.9 Å². The first-order chi connectivity index (χ1) is 17.8. The number of hydrogen-bond acceptors (Lipinski definition) is 4. The van der Waals surface area contributed by atoms with Crippen LogP contribution in [0.4, 0.5) is 0 Å². The first-order valence-electron chi connectivity index (χ1n) is 12.9. The Kier molecular flexibility index (Phi) is 7.00. The van der Waals surface area contributed by atoms with E-state index in [2.05, 4.69) is 89.5 Å². The highest BCUT2D eigenvalue weighted by molar-refractivity contribution is 5.90. The Bertz CT molecular complexity index is 1430. The van der Waals surface area contributed by atoms with Crippen molar-refractivity contribution < 1.29 is 10.0 Å². The van der Waals surface area contributed by atoms with Crippen molar-refractivity contribution in [1.82, 2.24) is 25.6 Å². The molecule has 7 heteroatoms. The van der Waals surface area contributed by atoms with Crippen molar-refractivity contribution in [3.05, 3.63) is 94.4 Å².